The molecule has 0 aliphatic rings. The van der Waals surface area contributed by atoms with Crippen LogP contribution in [0.3, 0.4) is 0 Å². The van der Waals surface area contributed by atoms with Crippen molar-refractivity contribution in [2.45, 2.75) is 0 Å². The van der Waals surface area contributed by atoms with Gasteiger partial charge in [0.15, 0.2) is 0 Å². The number of nitrogens with zero attached hydrogens (tertiary/aromatic N) is 1. The van der Waals surface area contributed by atoms with Crippen molar-refractivity contribution in [3.05, 3.63) is 24.0 Å². The molecule has 14 heavy (non-hydrogen) atoms. The minimum atomic E-state index is -1.01. The van der Waals surface area contributed by atoms with Gasteiger partial charge in [0.05, 0.1) is 12.6 Å². The van der Waals surface area contributed by atoms with E-state index in [4.69, 9.17) is 9.84 Å². The molecule has 0 aliphatic heterocycles. The van der Waals surface area contributed by atoms with Crippen molar-refractivity contribution in [1.29, 1.82) is 0 Å². The van der Waals surface area contributed by atoms with Gasteiger partial charge in [0.25, 0.3) is 0 Å². The second kappa shape index (κ2) is 3.02. The van der Waals surface area contributed by atoms with E-state index in [1.807, 2.05) is 0 Å². The van der Waals surface area contributed by atoms with Crippen LogP contribution in [0.25, 0.3) is 11.0 Å². The molecule has 0 saturated carbocycles. The molecular weight excluding hydrogens is 184 g/mol. The van der Waals surface area contributed by atoms with Crippen molar-refractivity contribution in [3.63, 3.8) is 0 Å². The van der Waals surface area contributed by atoms with Crippen LogP contribution >= 0.6 is 0 Å². The number of H-pyrrole nitrogens is 1. The molecule has 0 radical (unpaired) electrons. The Morgan fingerprint density at radius 3 is 3.07 bits per heavy atom. The number of nitrogens with one attached hydrogen (secondary N) is 1. The number of pyridine rings is 1. The van der Waals surface area contributed by atoms with Gasteiger partial charge in [-0.1, -0.05) is 0 Å². The second-order valence-electron chi connectivity index (χ2n) is 2.76. The predicted octanol–water partition coefficient (Wildman–Crippen LogP) is 1.27. The lowest BCUT2D eigenvalue weighted by Crippen LogP contribution is -1.95. The van der Waals surface area contributed by atoms with E-state index in [0.29, 0.717) is 16.8 Å². The van der Waals surface area contributed by atoms with Gasteiger partial charge in [0.2, 0.25) is 0 Å². The van der Waals surface area contributed by atoms with Crippen molar-refractivity contribution in [2.75, 3.05) is 7.11 Å². The number of carboxylic acids is 1. The van der Waals surface area contributed by atoms with Gasteiger partial charge in [0, 0.05) is 12.3 Å². The summed E-state index contributed by atoms with van der Waals surface area (Å²) in [7, 11) is 1.52. The summed E-state index contributed by atoms with van der Waals surface area (Å²) in [5.41, 5.74) is 1.30. The number of aromatic amines is 1. The molecule has 2 aromatic rings. The summed E-state index contributed by atoms with van der Waals surface area (Å²) < 4.78 is 5.06. The zero-order valence-electron chi connectivity index (χ0n) is 7.44. The van der Waals surface area contributed by atoms with Gasteiger partial charge in [-0.2, -0.15) is 0 Å². The van der Waals surface area contributed by atoms with E-state index in [9.17, 15) is 4.79 Å². The van der Waals surface area contributed by atoms with Gasteiger partial charge >= 0.3 is 5.97 Å². The zero-order chi connectivity index (χ0) is 10.1. The lowest BCUT2D eigenvalue weighted by Gasteiger charge is -1.98. The Kier molecular flexibility index (Phi) is 1.85. The number of hydrogen-bond donors (Lipinski definition) is 2. The molecule has 2 N–H and O–H groups in total. The van der Waals surface area contributed by atoms with Gasteiger partial charge < -0.3 is 14.8 Å². The maximum absolute atomic E-state index is 10.7. The first-order valence-corrected chi connectivity index (χ1v) is 3.97. The quantitative estimate of drug-likeness (QED) is 0.751. The minimum Gasteiger partial charge on any atom is -0.494 e. The summed E-state index contributed by atoms with van der Waals surface area (Å²) >= 11 is 0. The monoisotopic (exact) mass is 192 g/mol. The number of hydrogen-bond acceptors (Lipinski definition) is 3. The molecule has 5 nitrogen and oxygen atoms in total. The molecule has 2 rings (SSSR count). The fourth-order valence-electron chi connectivity index (χ4n) is 1.29. The first-order valence-electron chi connectivity index (χ1n) is 3.97. The van der Waals surface area contributed by atoms with E-state index in [1.54, 1.807) is 12.3 Å². The van der Waals surface area contributed by atoms with Crippen molar-refractivity contribution < 1.29 is 14.6 Å². The van der Waals surface area contributed by atoms with E-state index >= 15 is 0 Å². The Bertz CT molecular complexity index is 490. The molecule has 72 valence electrons. The second-order valence-corrected chi connectivity index (χ2v) is 2.76. The molecule has 0 amide bonds. The highest BCUT2D eigenvalue weighted by Crippen LogP contribution is 2.23. The number of rotatable bonds is 2. The number of fused-ring (bicyclic) bond motifs is 1. The largest absolute Gasteiger partial charge is 0.494 e. The van der Waals surface area contributed by atoms with Crippen LogP contribution in [0.15, 0.2) is 18.3 Å². The van der Waals surface area contributed by atoms with E-state index in [-0.39, 0.29) is 5.69 Å². The van der Waals surface area contributed by atoms with E-state index in [2.05, 4.69) is 9.97 Å². The SMILES string of the molecule is COc1ccnc2cc(C(=O)O)[nH]c12. The first kappa shape index (κ1) is 8.55. The van der Waals surface area contributed by atoms with Crippen LogP contribution < -0.4 is 4.74 Å². The molecular formula is C9H8N2O3. The van der Waals surface area contributed by atoms with Crippen LogP contribution in [0.1, 0.15) is 10.5 Å². The summed E-state index contributed by atoms with van der Waals surface area (Å²) in [6, 6.07) is 3.14. The van der Waals surface area contributed by atoms with Crippen LogP contribution in [0.4, 0.5) is 0 Å². The van der Waals surface area contributed by atoms with Gasteiger partial charge in [-0.15, -0.1) is 0 Å². The number of aromatic carboxylic acids is 1. The van der Waals surface area contributed by atoms with Crippen molar-refractivity contribution in [2.24, 2.45) is 0 Å². The number of methoxy groups -OCH3 is 1. The molecule has 0 spiro atoms. The molecule has 0 aromatic carbocycles. The van der Waals surface area contributed by atoms with Crippen molar-refractivity contribution in [1.82, 2.24) is 9.97 Å². The van der Waals surface area contributed by atoms with E-state index < -0.39 is 5.97 Å². The molecule has 0 bridgehead atoms. The maximum Gasteiger partial charge on any atom is 0.352 e. The van der Waals surface area contributed by atoms with Crippen LogP contribution in [0, 0.1) is 0 Å². The molecule has 2 aromatic heterocycles. The molecule has 0 atom stereocenters. The minimum absolute atomic E-state index is 0.108. The number of carbonyl (C=O) groups is 1. The fourth-order valence-corrected chi connectivity index (χ4v) is 1.29. The normalized spacial score (nSPS) is 10.4. The summed E-state index contributed by atoms with van der Waals surface area (Å²) in [5, 5.41) is 8.75. The van der Waals surface area contributed by atoms with Crippen LogP contribution in [-0.4, -0.2) is 28.2 Å². The highest BCUT2D eigenvalue weighted by atomic mass is 16.5. The third kappa shape index (κ3) is 1.19. The van der Waals surface area contributed by atoms with Crippen LogP contribution in [-0.2, 0) is 0 Å². The van der Waals surface area contributed by atoms with E-state index in [1.165, 1.54) is 13.2 Å². The third-order valence-corrected chi connectivity index (χ3v) is 1.93. The third-order valence-electron chi connectivity index (χ3n) is 1.93. The molecule has 5 heteroatoms. The summed E-state index contributed by atoms with van der Waals surface area (Å²) in [6.07, 6.45) is 1.57. The van der Waals surface area contributed by atoms with Crippen molar-refractivity contribution in [3.8, 4) is 5.75 Å². The summed E-state index contributed by atoms with van der Waals surface area (Å²) in [4.78, 5) is 17.4. The average molecular weight is 192 g/mol. The van der Waals surface area contributed by atoms with Gasteiger partial charge in [0.1, 0.15) is 17.0 Å². The lowest BCUT2D eigenvalue weighted by atomic mass is 10.3. The number of carboxylic acid groups (broad SMARTS) is 1. The van der Waals surface area contributed by atoms with Crippen molar-refractivity contribution >= 4 is 17.0 Å². The Morgan fingerprint density at radius 2 is 2.43 bits per heavy atom. The number of aromatic nitrogens is 2. The summed E-state index contributed by atoms with van der Waals surface area (Å²) in [5.74, 6) is -0.424. The molecule has 0 aliphatic carbocycles. The first-order chi connectivity index (χ1) is 6.72. The number of ether oxygens (including phenoxy) is 1. The molecule has 0 fully saturated rings. The Hall–Kier alpha value is -2.04. The predicted molar refractivity (Wildman–Crippen MR) is 49.6 cm³/mol. The highest BCUT2D eigenvalue weighted by molar-refractivity contribution is 5.94. The standard InChI is InChI=1S/C9H8N2O3/c1-14-7-2-3-10-5-4-6(9(12)13)11-8(5)7/h2-4,11H,1H3,(H,12,13). The lowest BCUT2D eigenvalue weighted by molar-refractivity contribution is 0.0691. The maximum atomic E-state index is 10.7. The Labute approximate surface area is 79.3 Å². The fraction of sp³-hybridized carbons (Fsp3) is 0.111. The highest BCUT2D eigenvalue weighted by Gasteiger charge is 2.10. The Balaban J connectivity index is 2.70. The van der Waals surface area contributed by atoms with Gasteiger partial charge in [-0.3, -0.25) is 4.98 Å². The summed E-state index contributed by atoms with van der Waals surface area (Å²) in [6.45, 7) is 0. The molecule has 0 unspecified atom stereocenters. The van der Waals surface area contributed by atoms with Crippen LogP contribution in [0.5, 0.6) is 5.75 Å². The molecule has 0 saturated heterocycles. The average Bonchev–Trinajstić information content (AvgIpc) is 2.60. The van der Waals surface area contributed by atoms with Gasteiger partial charge in [-0.25, -0.2) is 4.79 Å². The van der Waals surface area contributed by atoms with Gasteiger partial charge in [-0.05, 0) is 6.07 Å². The molecule has 2 heterocycles. The smallest absolute Gasteiger partial charge is 0.352 e. The topological polar surface area (TPSA) is 75.2 Å². The van der Waals surface area contributed by atoms with E-state index in [0.717, 1.165) is 0 Å². The van der Waals surface area contributed by atoms with Crippen LogP contribution in [0.2, 0.25) is 0 Å². The zero-order valence-corrected chi connectivity index (χ0v) is 7.44. The Morgan fingerprint density at radius 1 is 1.64 bits per heavy atom.